The van der Waals surface area contributed by atoms with Crippen LogP contribution in [-0.2, 0) is 7.05 Å². The van der Waals surface area contributed by atoms with Gasteiger partial charge in [-0.15, -0.1) is 10.2 Å². The van der Waals surface area contributed by atoms with Gasteiger partial charge >= 0.3 is 0 Å². The van der Waals surface area contributed by atoms with E-state index in [0.29, 0.717) is 16.9 Å². The van der Waals surface area contributed by atoms with Crippen LogP contribution in [0, 0.1) is 0 Å². The molecule has 2 aromatic heterocycles. The van der Waals surface area contributed by atoms with Crippen molar-refractivity contribution in [1.29, 1.82) is 0 Å². The molecule has 0 bridgehead atoms. The Labute approximate surface area is 173 Å². The van der Waals surface area contributed by atoms with Crippen LogP contribution in [0.5, 0.6) is 5.75 Å². The quantitative estimate of drug-likeness (QED) is 0.564. The van der Waals surface area contributed by atoms with Crippen LogP contribution in [-0.4, -0.2) is 38.6 Å². The monoisotopic (exact) mass is 402 g/mol. The normalized spacial score (nSPS) is 16.3. The third-order valence-corrected chi connectivity index (χ3v) is 5.75. The van der Waals surface area contributed by atoms with Gasteiger partial charge in [-0.3, -0.25) is 9.36 Å². The summed E-state index contributed by atoms with van der Waals surface area (Å²) in [5.41, 5.74) is 1.60. The predicted molar refractivity (Wildman–Crippen MR) is 115 cm³/mol. The van der Waals surface area contributed by atoms with E-state index in [1.165, 1.54) is 5.56 Å². The van der Waals surface area contributed by atoms with E-state index in [-0.39, 0.29) is 11.6 Å². The molecule has 1 fully saturated rings. The summed E-state index contributed by atoms with van der Waals surface area (Å²) in [5, 5.41) is 17.1. The van der Waals surface area contributed by atoms with Gasteiger partial charge in [0.25, 0.3) is 5.56 Å². The predicted octanol–water partition coefficient (Wildman–Crippen LogP) is 3.07. The summed E-state index contributed by atoms with van der Waals surface area (Å²) in [5.74, 6) is 2.25. The zero-order chi connectivity index (χ0) is 20.7. The van der Waals surface area contributed by atoms with Gasteiger partial charge in [-0.05, 0) is 36.6 Å². The fraction of sp³-hybridized carbons (Fsp3) is 0.273. The molecule has 0 radical (unpaired) electrons. The maximum absolute atomic E-state index is 12.1. The highest BCUT2D eigenvalue weighted by atomic mass is 16.5. The first-order valence-electron chi connectivity index (χ1n) is 9.95. The van der Waals surface area contributed by atoms with Crippen LogP contribution in [0.3, 0.4) is 0 Å². The highest BCUT2D eigenvalue weighted by Gasteiger charge is 2.30. The summed E-state index contributed by atoms with van der Waals surface area (Å²) in [6.45, 7) is 0.896. The van der Waals surface area contributed by atoms with Crippen LogP contribution in [0.25, 0.3) is 22.3 Å². The molecule has 3 heterocycles. The number of methoxy groups -OCH3 is 1. The molecular weight excluding hydrogens is 380 g/mol. The second kappa shape index (κ2) is 7.29. The summed E-state index contributed by atoms with van der Waals surface area (Å²) in [4.78, 5) is 14.4. The molecule has 5 rings (SSSR count). The van der Waals surface area contributed by atoms with Crippen molar-refractivity contribution in [1.82, 2.24) is 25.0 Å². The molecule has 1 N–H and O–H groups in total. The molecule has 8 heteroatoms. The van der Waals surface area contributed by atoms with E-state index >= 15 is 0 Å². The van der Waals surface area contributed by atoms with E-state index in [1.54, 1.807) is 13.2 Å². The lowest BCUT2D eigenvalue weighted by Gasteiger charge is -2.26. The van der Waals surface area contributed by atoms with Crippen LogP contribution in [0.15, 0.2) is 53.3 Å². The van der Waals surface area contributed by atoms with E-state index < -0.39 is 0 Å². The Morgan fingerprint density at radius 2 is 1.93 bits per heavy atom. The first-order valence-corrected chi connectivity index (χ1v) is 9.95. The van der Waals surface area contributed by atoms with Crippen molar-refractivity contribution in [3.8, 4) is 17.3 Å². The van der Waals surface area contributed by atoms with E-state index in [0.717, 1.165) is 36.5 Å². The van der Waals surface area contributed by atoms with Gasteiger partial charge in [-0.2, -0.15) is 5.10 Å². The molecule has 0 saturated carbocycles. The molecule has 1 atom stereocenters. The van der Waals surface area contributed by atoms with Gasteiger partial charge in [0.1, 0.15) is 11.4 Å². The van der Waals surface area contributed by atoms with E-state index in [9.17, 15) is 4.79 Å². The Kier molecular flexibility index (Phi) is 4.46. The first-order chi connectivity index (χ1) is 14.7. The summed E-state index contributed by atoms with van der Waals surface area (Å²) < 4.78 is 7.35. The Morgan fingerprint density at radius 3 is 2.77 bits per heavy atom. The second-order valence-corrected chi connectivity index (χ2v) is 7.46. The van der Waals surface area contributed by atoms with Crippen LogP contribution < -0.4 is 15.2 Å². The molecule has 152 valence electrons. The minimum Gasteiger partial charge on any atom is -0.497 e. The van der Waals surface area contributed by atoms with Crippen LogP contribution in [0.4, 0.5) is 5.95 Å². The van der Waals surface area contributed by atoms with Crippen molar-refractivity contribution in [3.63, 3.8) is 0 Å². The number of nitrogens with one attached hydrogen (secondary N) is 1. The molecule has 0 aliphatic carbocycles. The summed E-state index contributed by atoms with van der Waals surface area (Å²) in [6.07, 6.45) is 2.11. The van der Waals surface area contributed by atoms with Crippen molar-refractivity contribution in [2.45, 2.75) is 18.9 Å². The van der Waals surface area contributed by atoms with Gasteiger partial charge in [-0.25, -0.2) is 5.10 Å². The molecule has 8 nitrogen and oxygen atoms in total. The average Bonchev–Trinajstić information content (AvgIpc) is 3.41. The third kappa shape index (κ3) is 2.92. The van der Waals surface area contributed by atoms with Gasteiger partial charge in [0, 0.05) is 19.0 Å². The smallest absolute Gasteiger partial charge is 0.272 e. The second-order valence-electron chi connectivity index (χ2n) is 7.46. The number of nitrogens with zero attached hydrogens (tertiary/aromatic N) is 5. The van der Waals surface area contributed by atoms with Crippen LogP contribution in [0.2, 0.25) is 0 Å². The number of ether oxygens (including phenoxy) is 1. The summed E-state index contributed by atoms with van der Waals surface area (Å²) in [7, 11) is 3.62. The zero-order valence-electron chi connectivity index (χ0n) is 16.9. The lowest BCUT2D eigenvalue weighted by Crippen LogP contribution is -2.25. The first kappa shape index (κ1) is 18.4. The number of H-pyrrole nitrogens is 1. The molecular formula is C22H22N6O2. The van der Waals surface area contributed by atoms with Crippen LogP contribution >= 0.6 is 0 Å². The Balaban J connectivity index is 1.57. The van der Waals surface area contributed by atoms with Crippen molar-refractivity contribution >= 4 is 16.7 Å². The van der Waals surface area contributed by atoms with Gasteiger partial charge in [0.05, 0.1) is 18.5 Å². The molecule has 1 aliphatic rings. The number of rotatable bonds is 4. The topological polar surface area (TPSA) is 88.9 Å². The fourth-order valence-corrected chi connectivity index (χ4v) is 4.26. The molecule has 0 spiro atoms. The third-order valence-electron chi connectivity index (χ3n) is 5.75. The number of fused-ring (bicyclic) bond motifs is 1. The number of benzene rings is 2. The van der Waals surface area contributed by atoms with Gasteiger partial charge in [0.15, 0.2) is 5.82 Å². The Hall–Kier alpha value is -3.68. The maximum atomic E-state index is 12.1. The number of hydrogen-bond donors (Lipinski definition) is 1. The largest absolute Gasteiger partial charge is 0.497 e. The molecule has 1 saturated heterocycles. The van der Waals surface area contributed by atoms with Gasteiger partial charge < -0.3 is 9.64 Å². The Morgan fingerprint density at radius 1 is 1.10 bits per heavy atom. The zero-order valence-corrected chi connectivity index (χ0v) is 16.9. The Bertz CT molecular complexity index is 1280. The van der Waals surface area contributed by atoms with Crippen molar-refractivity contribution in [3.05, 3.63) is 64.4 Å². The molecule has 1 aliphatic heterocycles. The maximum Gasteiger partial charge on any atom is 0.272 e. The molecule has 0 amide bonds. The van der Waals surface area contributed by atoms with E-state index in [4.69, 9.17) is 4.74 Å². The molecule has 2 aromatic carbocycles. The van der Waals surface area contributed by atoms with Gasteiger partial charge in [-0.1, -0.05) is 30.3 Å². The van der Waals surface area contributed by atoms with Gasteiger partial charge in [0.2, 0.25) is 5.95 Å². The minimum atomic E-state index is -0.214. The number of anilines is 1. The standard InChI is InChI=1S/C22H22N6O2/c1-27-20(19-16-9-3-4-10-17(16)21(29)25-23-19)24-26-22(27)28-12-6-11-18(28)14-7-5-8-15(13-14)30-2/h3-5,7-10,13,18H,6,11-12H2,1-2H3,(H,25,29). The van der Waals surface area contributed by atoms with Crippen molar-refractivity contribution in [2.75, 3.05) is 18.6 Å². The summed E-state index contributed by atoms with van der Waals surface area (Å²) in [6, 6.07) is 15.8. The highest BCUT2D eigenvalue weighted by molar-refractivity contribution is 5.92. The lowest BCUT2D eigenvalue weighted by molar-refractivity contribution is 0.413. The summed E-state index contributed by atoms with van der Waals surface area (Å²) >= 11 is 0. The molecule has 1 unspecified atom stereocenters. The van der Waals surface area contributed by atoms with E-state index in [2.05, 4.69) is 37.4 Å². The minimum absolute atomic E-state index is 0.205. The molecule has 30 heavy (non-hydrogen) atoms. The SMILES string of the molecule is COc1cccc(C2CCCN2c2nnc(-c3n[nH]c(=O)c4ccccc34)n2C)c1. The number of aromatic nitrogens is 5. The van der Waals surface area contributed by atoms with Crippen molar-refractivity contribution in [2.24, 2.45) is 7.05 Å². The lowest BCUT2D eigenvalue weighted by atomic mass is 10.0. The fourth-order valence-electron chi connectivity index (χ4n) is 4.26. The average molecular weight is 402 g/mol. The van der Waals surface area contributed by atoms with Crippen LogP contribution in [0.1, 0.15) is 24.4 Å². The molecule has 4 aromatic rings. The number of hydrogen-bond acceptors (Lipinski definition) is 6. The van der Waals surface area contributed by atoms with E-state index in [1.807, 2.05) is 41.9 Å². The van der Waals surface area contributed by atoms with Crippen molar-refractivity contribution < 1.29 is 4.74 Å². The number of aromatic amines is 1. The highest BCUT2D eigenvalue weighted by Crippen LogP contribution is 2.37.